The van der Waals surface area contributed by atoms with E-state index in [1.165, 1.54) is 5.56 Å². The van der Waals surface area contributed by atoms with Crippen molar-refractivity contribution >= 4 is 40.2 Å². The van der Waals surface area contributed by atoms with E-state index in [9.17, 15) is 0 Å². The Morgan fingerprint density at radius 1 is 1.33 bits per heavy atom. The molecule has 1 rings (SSSR count). The summed E-state index contributed by atoms with van der Waals surface area (Å²) in [5.74, 6) is 0.897. The van der Waals surface area contributed by atoms with Crippen LogP contribution < -0.4 is 11.1 Å². The average Bonchev–Trinajstić information content (AvgIpc) is 2.18. The molecule has 5 heteroatoms. The molecule has 0 aliphatic rings. The van der Waals surface area contributed by atoms with E-state index in [2.05, 4.69) is 51.5 Å². The highest BCUT2D eigenvalue weighted by Crippen LogP contribution is 2.16. The molecule has 0 unspecified atom stereocenters. The van der Waals surface area contributed by atoms with E-state index in [0.717, 1.165) is 5.69 Å². The fourth-order valence-corrected chi connectivity index (χ4v) is 1.21. The van der Waals surface area contributed by atoms with Crippen LogP contribution in [0.3, 0.4) is 0 Å². The third-order valence-corrected chi connectivity index (χ3v) is 2.32. The van der Waals surface area contributed by atoms with Crippen LogP contribution >= 0.6 is 28.6 Å². The summed E-state index contributed by atoms with van der Waals surface area (Å²) in [6, 6.07) is 8.13. The first-order chi connectivity index (χ1) is 6.63. The number of rotatable bonds is 2. The lowest BCUT2D eigenvalue weighted by atomic mass is 10.0. The minimum absolute atomic E-state index is 0. The second kappa shape index (κ2) is 6.69. The molecule has 0 fully saturated rings. The maximum absolute atomic E-state index is 5.49. The molecule has 0 amide bonds. The SMILES string of the molecule is CC(C)c1ccc(NC(N)=NBr)cc1.Cl. The van der Waals surface area contributed by atoms with Crippen molar-refractivity contribution in [2.75, 3.05) is 5.32 Å². The van der Waals surface area contributed by atoms with Gasteiger partial charge < -0.3 is 11.1 Å². The lowest BCUT2D eigenvalue weighted by Gasteiger charge is -2.07. The number of anilines is 1. The summed E-state index contributed by atoms with van der Waals surface area (Å²) in [5, 5.41) is 2.94. The Hall–Kier alpha value is -0.740. The van der Waals surface area contributed by atoms with Crippen LogP contribution in [-0.4, -0.2) is 5.96 Å². The molecule has 0 saturated heterocycles. The first-order valence-corrected chi connectivity index (χ1v) is 5.16. The highest BCUT2D eigenvalue weighted by molar-refractivity contribution is 9.08. The third kappa shape index (κ3) is 4.53. The molecule has 0 heterocycles. The lowest BCUT2D eigenvalue weighted by molar-refractivity contribution is 0.867. The minimum atomic E-state index is 0. The Kier molecular flexibility index (Phi) is 6.36. The molecule has 0 aromatic heterocycles. The first kappa shape index (κ1) is 14.3. The van der Waals surface area contributed by atoms with Crippen molar-refractivity contribution in [3.8, 4) is 0 Å². The van der Waals surface area contributed by atoms with Crippen molar-refractivity contribution in [3.63, 3.8) is 0 Å². The van der Waals surface area contributed by atoms with Crippen LogP contribution in [0, 0.1) is 0 Å². The van der Waals surface area contributed by atoms with Crippen molar-refractivity contribution in [2.45, 2.75) is 19.8 Å². The Morgan fingerprint density at radius 2 is 1.87 bits per heavy atom. The predicted octanol–water partition coefficient (Wildman–Crippen LogP) is 3.27. The zero-order chi connectivity index (χ0) is 10.6. The van der Waals surface area contributed by atoms with Crippen LogP contribution in [0.5, 0.6) is 0 Å². The lowest BCUT2D eigenvalue weighted by Crippen LogP contribution is -2.21. The van der Waals surface area contributed by atoms with Gasteiger partial charge in [-0.25, -0.2) is 0 Å². The van der Waals surface area contributed by atoms with Crippen molar-refractivity contribution in [1.82, 2.24) is 0 Å². The molecule has 0 radical (unpaired) electrons. The van der Waals surface area contributed by atoms with E-state index >= 15 is 0 Å². The Bertz CT molecular complexity index is 322. The molecule has 1 aromatic rings. The molecule has 3 nitrogen and oxygen atoms in total. The second-order valence-corrected chi connectivity index (χ2v) is 3.73. The molecule has 3 N–H and O–H groups in total. The number of nitrogens with two attached hydrogens (primary N) is 1. The summed E-state index contributed by atoms with van der Waals surface area (Å²) in [6.45, 7) is 4.33. The van der Waals surface area contributed by atoms with E-state index in [1.807, 2.05) is 12.1 Å². The summed E-state index contributed by atoms with van der Waals surface area (Å²) < 4.78 is 3.64. The third-order valence-electron chi connectivity index (χ3n) is 1.94. The predicted molar refractivity (Wildman–Crippen MR) is 72.0 cm³/mol. The van der Waals surface area contributed by atoms with Gasteiger partial charge in [0.25, 0.3) is 0 Å². The van der Waals surface area contributed by atoms with Gasteiger partial charge in [-0.2, -0.15) is 4.02 Å². The van der Waals surface area contributed by atoms with Crippen molar-refractivity contribution in [2.24, 2.45) is 9.75 Å². The molecule has 0 saturated carbocycles. The van der Waals surface area contributed by atoms with Crippen LogP contribution in [0.15, 0.2) is 28.3 Å². The van der Waals surface area contributed by atoms with E-state index in [1.54, 1.807) is 0 Å². The van der Waals surface area contributed by atoms with Gasteiger partial charge in [-0.05, 0) is 23.6 Å². The highest BCUT2D eigenvalue weighted by atomic mass is 79.9. The van der Waals surface area contributed by atoms with E-state index < -0.39 is 0 Å². The molecule has 84 valence electrons. The molecule has 0 aliphatic heterocycles. The number of guanidine groups is 1. The number of hydrogen-bond donors (Lipinski definition) is 2. The van der Waals surface area contributed by atoms with Gasteiger partial charge in [-0.15, -0.1) is 12.4 Å². The molecular formula is C10H15BrClN3. The number of halogens is 2. The van der Waals surface area contributed by atoms with Crippen LogP contribution in [-0.2, 0) is 0 Å². The van der Waals surface area contributed by atoms with E-state index in [4.69, 9.17) is 5.73 Å². The van der Waals surface area contributed by atoms with Crippen LogP contribution in [0.4, 0.5) is 5.69 Å². The van der Waals surface area contributed by atoms with Crippen LogP contribution in [0.2, 0.25) is 0 Å². The molecule has 0 atom stereocenters. The smallest absolute Gasteiger partial charge is 0.204 e. The topological polar surface area (TPSA) is 50.4 Å². The minimum Gasteiger partial charge on any atom is -0.369 e. The Morgan fingerprint density at radius 3 is 2.27 bits per heavy atom. The average molecular weight is 293 g/mol. The fourth-order valence-electron chi connectivity index (χ4n) is 1.12. The first-order valence-electron chi connectivity index (χ1n) is 4.45. The van der Waals surface area contributed by atoms with Gasteiger partial charge in [-0.1, -0.05) is 26.0 Å². The quantitative estimate of drug-likeness (QED) is 0.649. The zero-order valence-corrected chi connectivity index (χ0v) is 11.1. The molecule has 0 aliphatic carbocycles. The largest absolute Gasteiger partial charge is 0.369 e. The van der Waals surface area contributed by atoms with Gasteiger partial charge in [0.05, 0.1) is 16.1 Å². The molecular weight excluding hydrogens is 277 g/mol. The summed E-state index contributed by atoms with van der Waals surface area (Å²) in [6.07, 6.45) is 0. The normalized spacial score (nSPS) is 11.1. The molecule has 15 heavy (non-hydrogen) atoms. The standard InChI is InChI=1S/C10H14BrN3.ClH/c1-7(2)8-3-5-9(6-4-8)13-10(12)14-11;/h3-7H,1-2H3,(H3,12,13,14);1H. The summed E-state index contributed by atoms with van der Waals surface area (Å²) in [4.78, 5) is 0. The van der Waals surface area contributed by atoms with E-state index in [0.29, 0.717) is 11.9 Å². The zero-order valence-electron chi connectivity index (χ0n) is 8.70. The van der Waals surface area contributed by atoms with Crippen molar-refractivity contribution in [3.05, 3.63) is 29.8 Å². The fraction of sp³-hybridized carbons (Fsp3) is 0.300. The van der Waals surface area contributed by atoms with Crippen molar-refractivity contribution < 1.29 is 0 Å². The Balaban J connectivity index is 0.00000196. The Labute approximate surface area is 105 Å². The maximum atomic E-state index is 5.49. The maximum Gasteiger partial charge on any atom is 0.204 e. The van der Waals surface area contributed by atoms with Gasteiger partial charge in [-0.3, -0.25) is 0 Å². The highest BCUT2D eigenvalue weighted by Gasteiger charge is 1.98. The van der Waals surface area contributed by atoms with Gasteiger partial charge in [0.1, 0.15) is 0 Å². The summed E-state index contributed by atoms with van der Waals surface area (Å²) in [7, 11) is 0. The van der Waals surface area contributed by atoms with Gasteiger partial charge in [0, 0.05) is 5.69 Å². The number of nitrogens with zero attached hydrogens (tertiary/aromatic N) is 1. The summed E-state index contributed by atoms with van der Waals surface area (Å²) in [5.41, 5.74) is 7.74. The van der Waals surface area contributed by atoms with Crippen molar-refractivity contribution in [1.29, 1.82) is 0 Å². The molecule has 0 spiro atoms. The van der Waals surface area contributed by atoms with Gasteiger partial charge in [0.15, 0.2) is 0 Å². The number of benzene rings is 1. The summed E-state index contributed by atoms with van der Waals surface area (Å²) >= 11 is 2.91. The molecule has 1 aromatic carbocycles. The number of nitrogens with one attached hydrogen (secondary N) is 1. The molecule has 0 bridgehead atoms. The van der Waals surface area contributed by atoms with Gasteiger partial charge >= 0.3 is 0 Å². The second-order valence-electron chi connectivity index (χ2n) is 3.37. The van der Waals surface area contributed by atoms with Crippen LogP contribution in [0.1, 0.15) is 25.3 Å². The monoisotopic (exact) mass is 291 g/mol. The van der Waals surface area contributed by atoms with E-state index in [-0.39, 0.29) is 12.4 Å². The van der Waals surface area contributed by atoms with Gasteiger partial charge in [0.2, 0.25) is 5.96 Å². The van der Waals surface area contributed by atoms with Crippen LogP contribution in [0.25, 0.3) is 0 Å². The number of hydrogen-bond acceptors (Lipinski definition) is 1.